The van der Waals surface area contributed by atoms with E-state index in [1.165, 1.54) is 11.3 Å². The first-order valence-corrected chi connectivity index (χ1v) is 9.72. The van der Waals surface area contributed by atoms with Crippen LogP contribution in [-0.4, -0.2) is 36.0 Å². The second-order valence-corrected chi connectivity index (χ2v) is 9.04. The van der Waals surface area contributed by atoms with Crippen molar-refractivity contribution in [1.82, 2.24) is 10.6 Å². The Morgan fingerprint density at radius 2 is 1.85 bits per heavy atom. The van der Waals surface area contributed by atoms with Crippen molar-refractivity contribution >= 4 is 40.7 Å². The summed E-state index contributed by atoms with van der Waals surface area (Å²) in [5.41, 5.74) is -0.583. The number of ether oxygens (including phenoxy) is 1. The van der Waals surface area contributed by atoms with Gasteiger partial charge in [0.25, 0.3) is 0 Å². The quantitative estimate of drug-likeness (QED) is 0.643. The van der Waals surface area contributed by atoms with E-state index in [1.807, 2.05) is 13.8 Å². The molecule has 0 bridgehead atoms. The minimum Gasteiger partial charge on any atom is -0.444 e. The number of ketones is 1. The van der Waals surface area contributed by atoms with E-state index in [2.05, 4.69) is 10.6 Å². The second-order valence-electron chi connectivity index (χ2n) is 7.33. The van der Waals surface area contributed by atoms with Crippen LogP contribution < -0.4 is 10.6 Å². The van der Waals surface area contributed by atoms with E-state index >= 15 is 0 Å². The van der Waals surface area contributed by atoms with Gasteiger partial charge in [0.05, 0.1) is 15.3 Å². The van der Waals surface area contributed by atoms with Crippen LogP contribution in [0.4, 0.5) is 4.79 Å². The number of amides is 2. The Morgan fingerprint density at radius 3 is 2.35 bits per heavy atom. The van der Waals surface area contributed by atoms with Gasteiger partial charge >= 0.3 is 6.09 Å². The summed E-state index contributed by atoms with van der Waals surface area (Å²) in [6, 6.07) is 3.06. The summed E-state index contributed by atoms with van der Waals surface area (Å²) in [4.78, 5) is 36.4. The van der Waals surface area contributed by atoms with Crippen LogP contribution >= 0.6 is 22.9 Å². The predicted molar refractivity (Wildman–Crippen MR) is 104 cm³/mol. The van der Waals surface area contributed by atoms with Crippen LogP contribution in [-0.2, 0) is 9.53 Å². The predicted octanol–water partition coefficient (Wildman–Crippen LogP) is 4.03. The van der Waals surface area contributed by atoms with Gasteiger partial charge in [-0.15, -0.1) is 11.3 Å². The first kappa shape index (κ1) is 22.4. The third-order valence-electron chi connectivity index (χ3n) is 3.45. The molecule has 146 valence electrons. The highest BCUT2D eigenvalue weighted by molar-refractivity contribution is 7.18. The zero-order valence-corrected chi connectivity index (χ0v) is 17.4. The maximum absolute atomic E-state index is 12.0. The molecule has 0 aliphatic rings. The molecular formula is C18H27ClN2O4S. The third-order valence-corrected chi connectivity index (χ3v) is 4.73. The minimum atomic E-state index is -0.583. The summed E-state index contributed by atoms with van der Waals surface area (Å²) in [6.45, 7) is 9.52. The average molecular weight is 403 g/mol. The highest BCUT2D eigenvalue weighted by Gasteiger charge is 2.22. The molecule has 0 fully saturated rings. The molecule has 0 saturated heterocycles. The second kappa shape index (κ2) is 9.92. The van der Waals surface area contributed by atoms with Crippen molar-refractivity contribution in [2.75, 3.05) is 6.54 Å². The molecule has 0 aliphatic heterocycles. The van der Waals surface area contributed by atoms with E-state index in [-0.39, 0.29) is 43.0 Å². The average Bonchev–Trinajstić information content (AvgIpc) is 2.93. The Hall–Kier alpha value is -1.60. The molecule has 1 heterocycles. The smallest absolute Gasteiger partial charge is 0.407 e. The number of hydrogen-bond acceptors (Lipinski definition) is 5. The van der Waals surface area contributed by atoms with Crippen LogP contribution in [0.15, 0.2) is 12.1 Å². The van der Waals surface area contributed by atoms with Gasteiger partial charge in [-0.25, -0.2) is 4.79 Å². The van der Waals surface area contributed by atoms with Crippen LogP contribution in [0.25, 0.3) is 0 Å². The number of thiophene rings is 1. The van der Waals surface area contributed by atoms with Crippen molar-refractivity contribution in [2.24, 2.45) is 5.92 Å². The number of carbonyl (C=O) groups excluding carboxylic acids is 3. The molecule has 1 rings (SSSR count). The van der Waals surface area contributed by atoms with Crippen LogP contribution in [0.5, 0.6) is 0 Å². The largest absolute Gasteiger partial charge is 0.444 e. The summed E-state index contributed by atoms with van der Waals surface area (Å²) >= 11 is 7.01. The van der Waals surface area contributed by atoms with Crippen LogP contribution in [0, 0.1) is 5.92 Å². The van der Waals surface area contributed by atoms with Gasteiger partial charge in [-0.05, 0) is 38.8 Å². The Kier molecular flexibility index (Phi) is 8.56. The summed E-state index contributed by atoms with van der Waals surface area (Å²) < 4.78 is 5.79. The van der Waals surface area contributed by atoms with Gasteiger partial charge < -0.3 is 15.4 Å². The standard InChI is InChI=1S/C18H27ClN2O4S/c1-11(2)12(21-17(24)25-18(3,4)5)10-20-16(23)9-6-13(22)14-7-8-15(19)26-14/h7-8,11-12H,6,9-10H2,1-5H3,(H,20,23)(H,21,24). The molecule has 2 N–H and O–H groups in total. The summed E-state index contributed by atoms with van der Waals surface area (Å²) in [7, 11) is 0. The van der Waals surface area contributed by atoms with Gasteiger partial charge in [0.15, 0.2) is 5.78 Å². The molecular weight excluding hydrogens is 376 g/mol. The maximum atomic E-state index is 12.0. The molecule has 8 heteroatoms. The highest BCUT2D eigenvalue weighted by Crippen LogP contribution is 2.22. The first-order valence-electron chi connectivity index (χ1n) is 8.52. The fraction of sp³-hybridized carbons (Fsp3) is 0.611. The van der Waals surface area contributed by atoms with Gasteiger partial charge in [0.2, 0.25) is 5.91 Å². The summed E-state index contributed by atoms with van der Waals surface area (Å²) in [6.07, 6.45) is -0.310. The Balaban J connectivity index is 2.42. The fourth-order valence-electron chi connectivity index (χ4n) is 2.04. The maximum Gasteiger partial charge on any atom is 0.407 e. The van der Waals surface area contributed by atoms with Gasteiger partial charge in [-0.2, -0.15) is 0 Å². The Labute approximate surface area is 163 Å². The monoisotopic (exact) mass is 402 g/mol. The van der Waals surface area contributed by atoms with Gasteiger partial charge in [0, 0.05) is 19.4 Å². The molecule has 0 spiro atoms. The van der Waals surface area contributed by atoms with Gasteiger partial charge in [-0.1, -0.05) is 25.4 Å². The number of halogens is 1. The zero-order chi connectivity index (χ0) is 19.9. The van der Waals surface area contributed by atoms with E-state index in [1.54, 1.807) is 32.9 Å². The highest BCUT2D eigenvalue weighted by atomic mass is 35.5. The number of hydrogen-bond donors (Lipinski definition) is 2. The lowest BCUT2D eigenvalue weighted by Crippen LogP contribution is -2.48. The van der Waals surface area contributed by atoms with Crippen molar-refractivity contribution in [3.8, 4) is 0 Å². The van der Waals surface area contributed by atoms with E-state index in [4.69, 9.17) is 16.3 Å². The zero-order valence-electron chi connectivity index (χ0n) is 15.8. The minimum absolute atomic E-state index is 0.0889. The van der Waals surface area contributed by atoms with Crippen LogP contribution in [0.3, 0.4) is 0 Å². The van der Waals surface area contributed by atoms with E-state index in [0.29, 0.717) is 9.21 Å². The first-order chi connectivity index (χ1) is 12.0. The lowest BCUT2D eigenvalue weighted by atomic mass is 10.0. The van der Waals surface area contributed by atoms with Crippen LogP contribution in [0.2, 0.25) is 4.34 Å². The molecule has 1 atom stereocenters. The lowest BCUT2D eigenvalue weighted by Gasteiger charge is -2.26. The molecule has 0 saturated carbocycles. The van der Waals surface area contributed by atoms with Crippen molar-refractivity contribution in [3.63, 3.8) is 0 Å². The number of rotatable bonds is 8. The third kappa shape index (κ3) is 8.67. The number of nitrogens with one attached hydrogen (secondary N) is 2. The van der Waals surface area contributed by atoms with Crippen molar-refractivity contribution < 1.29 is 19.1 Å². The molecule has 0 aromatic carbocycles. The van der Waals surface area contributed by atoms with Crippen molar-refractivity contribution in [1.29, 1.82) is 0 Å². The molecule has 1 aromatic heterocycles. The molecule has 1 aromatic rings. The van der Waals surface area contributed by atoms with Crippen molar-refractivity contribution in [2.45, 2.75) is 59.1 Å². The van der Waals surface area contributed by atoms with E-state index < -0.39 is 11.7 Å². The fourth-order valence-corrected chi connectivity index (χ4v) is 3.05. The lowest BCUT2D eigenvalue weighted by molar-refractivity contribution is -0.121. The summed E-state index contributed by atoms with van der Waals surface area (Å²) in [5.74, 6) is -0.236. The number of alkyl carbamates (subject to hydrolysis) is 1. The summed E-state index contributed by atoms with van der Waals surface area (Å²) in [5, 5.41) is 5.53. The normalized spacial score (nSPS) is 12.6. The molecule has 1 unspecified atom stereocenters. The van der Waals surface area contributed by atoms with Gasteiger partial charge in [0.1, 0.15) is 5.60 Å². The van der Waals surface area contributed by atoms with E-state index in [0.717, 1.165) is 0 Å². The van der Waals surface area contributed by atoms with Crippen molar-refractivity contribution in [3.05, 3.63) is 21.3 Å². The SMILES string of the molecule is CC(C)C(CNC(=O)CCC(=O)c1ccc(Cl)s1)NC(=O)OC(C)(C)C. The Bertz CT molecular complexity index is 637. The number of carbonyl (C=O) groups is 3. The van der Waals surface area contributed by atoms with Gasteiger partial charge in [-0.3, -0.25) is 9.59 Å². The molecule has 0 radical (unpaired) electrons. The molecule has 26 heavy (non-hydrogen) atoms. The van der Waals surface area contributed by atoms with Crippen LogP contribution in [0.1, 0.15) is 57.1 Å². The molecule has 2 amide bonds. The Morgan fingerprint density at radius 1 is 1.19 bits per heavy atom. The topological polar surface area (TPSA) is 84.5 Å². The number of Topliss-reactive ketones (excluding diaryl/α,β-unsaturated/α-hetero) is 1. The molecule has 6 nitrogen and oxygen atoms in total. The molecule has 0 aliphatic carbocycles. The van der Waals surface area contributed by atoms with E-state index in [9.17, 15) is 14.4 Å².